The van der Waals surface area contributed by atoms with E-state index in [1.165, 1.54) is 17.8 Å². The topological polar surface area (TPSA) is 51.1 Å². The Balaban J connectivity index is 1.90. The Kier molecular flexibility index (Phi) is 8.15. The number of aliphatic imine (C=N–C) groups is 1. The van der Waals surface area contributed by atoms with E-state index in [-0.39, 0.29) is 18.3 Å². The van der Waals surface area contributed by atoms with Crippen molar-refractivity contribution in [3.8, 4) is 11.5 Å². The second-order valence-corrected chi connectivity index (χ2v) is 8.41. The molecule has 2 aromatic rings. The van der Waals surface area contributed by atoms with Crippen LogP contribution in [0.3, 0.4) is 0 Å². The van der Waals surface area contributed by atoms with Crippen molar-refractivity contribution >= 4 is 44.8 Å². The van der Waals surface area contributed by atoms with Crippen LogP contribution < -0.4 is 9.47 Å². The SMILES string of the molecule is CCN=C1S/C(=C\c2cc(OCC)c(OCc3ccccc3F)cc2Br)C(=O)N1CC. The lowest BCUT2D eigenvalue weighted by Gasteiger charge is -2.14. The van der Waals surface area contributed by atoms with E-state index in [4.69, 9.17) is 9.47 Å². The number of rotatable bonds is 8. The number of likely N-dealkylation sites (N-methyl/N-ethyl adjacent to an activating group) is 1. The molecule has 0 radical (unpaired) electrons. The van der Waals surface area contributed by atoms with Crippen molar-refractivity contribution in [1.82, 2.24) is 4.90 Å². The highest BCUT2D eigenvalue weighted by atomic mass is 79.9. The highest BCUT2D eigenvalue weighted by Crippen LogP contribution is 2.38. The number of hydrogen-bond donors (Lipinski definition) is 0. The van der Waals surface area contributed by atoms with Crippen LogP contribution >= 0.6 is 27.7 Å². The number of benzene rings is 2. The standard InChI is InChI=1S/C23H24BrFN2O3S/c1-4-26-23-27(5-2)22(28)21(31-23)12-16-11-19(29-6-3)20(13-17(16)24)30-14-15-9-7-8-10-18(15)25/h7-13H,4-6,14H2,1-3H3/b21-12-,26-23?. The molecule has 0 saturated carbocycles. The summed E-state index contributed by atoms with van der Waals surface area (Å²) in [6.07, 6.45) is 1.82. The summed E-state index contributed by atoms with van der Waals surface area (Å²) in [5.74, 6) is 0.638. The molecule has 1 amide bonds. The van der Waals surface area contributed by atoms with Gasteiger partial charge in [-0.05, 0) is 62.4 Å². The van der Waals surface area contributed by atoms with E-state index in [1.54, 1.807) is 29.2 Å². The van der Waals surface area contributed by atoms with Crippen molar-refractivity contribution in [3.63, 3.8) is 0 Å². The van der Waals surface area contributed by atoms with Crippen LogP contribution in [0.2, 0.25) is 0 Å². The predicted octanol–water partition coefficient (Wildman–Crippen LogP) is 5.88. The zero-order valence-electron chi connectivity index (χ0n) is 17.7. The van der Waals surface area contributed by atoms with Crippen LogP contribution in [0.5, 0.6) is 11.5 Å². The molecule has 0 spiro atoms. The minimum atomic E-state index is -0.317. The van der Waals surface area contributed by atoms with Gasteiger partial charge in [0.15, 0.2) is 16.7 Å². The summed E-state index contributed by atoms with van der Waals surface area (Å²) in [5.41, 5.74) is 1.24. The van der Waals surface area contributed by atoms with Gasteiger partial charge in [0.2, 0.25) is 0 Å². The number of hydrogen-bond acceptors (Lipinski definition) is 5. The molecular formula is C23H24BrFN2O3S. The zero-order valence-corrected chi connectivity index (χ0v) is 20.1. The number of halogens is 2. The van der Waals surface area contributed by atoms with Crippen molar-refractivity contribution < 1.29 is 18.7 Å². The van der Waals surface area contributed by atoms with Crippen molar-refractivity contribution in [2.45, 2.75) is 27.4 Å². The van der Waals surface area contributed by atoms with Crippen molar-refractivity contribution in [1.29, 1.82) is 0 Å². The van der Waals surface area contributed by atoms with Crippen LogP contribution in [-0.4, -0.2) is 35.7 Å². The summed E-state index contributed by atoms with van der Waals surface area (Å²) in [6, 6.07) is 10.1. The maximum Gasteiger partial charge on any atom is 0.266 e. The van der Waals surface area contributed by atoms with Crippen molar-refractivity contribution in [3.05, 3.63) is 62.7 Å². The first-order valence-electron chi connectivity index (χ1n) is 10.1. The molecule has 1 aliphatic heterocycles. The average Bonchev–Trinajstić information content (AvgIpc) is 3.04. The van der Waals surface area contributed by atoms with E-state index in [1.807, 2.05) is 32.9 Å². The smallest absolute Gasteiger partial charge is 0.266 e. The monoisotopic (exact) mass is 506 g/mol. The van der Waals surface area contributed by atoms with E-state index in [0.29, 0.717) is 46.8 Å². The van der Waals surface area contributed by atoms with Gasteiger partial charge >= 0.3 is 0 Å². The van der Waals surface area contributed by atoms with E-state index >= 15 is 0 Å². The summed E-state index contributed by atoms with van der Waals surface area (Å²) < 4.78 is 26.3. The second-order valence-electron chi connectivity index (χ2n) is 6.55. The molecule has 3 rings (SSSR count). The lowest BCUT2D eigenvalue weighted by atomic mass is 10.1. The van der Waals surface area contributed by atoms with Gasteiger partial charge in [-0.3, -0.25) is 14.7 Å². The number of amides is 1. The molecule has 1 saturated heterocycles. The first-order chi connectivity index (χ1) is 15.0. The van der Waals surface area contributed by atoms with Gasteiger partial charge in [-0.1, -0.05) is 34.1 Å². The lowest BCUT2D eigenvalue weighted by Crippen LogP contribution is -2.28. The number of amidine groups is 1. The van der Waals surface area contributed by atoms with E-state index in [2.05, 4.69) is 20.9 Å². The summed E-state index contributed by atoms with van der Waals surface area (Å²) in [6.45, 7) is 7.45. The minimum absolute atomic E-state index is 0.0653. The third-order valence-electron chi connectivity index (χ3n) is 4.49. The number of ether oxygens (including phenoxy) is 2. The van der Waals surface area contributed by atoms with Gasteiger partial charge in [-0.15, -0.1) is 0 Å². The van der Waals surface area contributed by atoms with Crippen LogP contribution in [0, 0.1) is 5.82 Å². The molecule has 1 fully saturated rings. The zero-order chi connectivity index (χ0) is 22.4. The summed E-state index contributed by atoms with van der Waals surface area (Å²) in [7, 11) is 0. The number of carbonyl (C=O) groups is 1. The van der Waals surface area contributed by atoms with Gasteiger partial charge in [0.05, 0.1) is 11.5 Å². The average molecular weight is 507 g/mol. The molecule has 5 nitrogen and oxygen atoms in total. The Morgan fingerprint density at radius 1 is 1.16 bits per heavy atom. The molecule has 0 bridgehead atoms. The van der Waals surface area contributed by atoms with Gasteiger partial charge in [0, 0.05) is 23.1 Å². The Morgan fingerprint density at radius 3 is 2.58 bits per heavy atom. The van der Waals surface area contributed by atoms with E-state index in [9.17, 15) is 9.18 Å². The predicted molar refractivity (Wildman–Crippen MR) is 127 cm³/mol. The summed E-state index contributed by atoms with van der Waals surface area (Å²) in [5, 5.41) is 0.715. The molecule has 8 heteroatoms. The number of carbonyl (C=O) groups excluding carboxylic acids is 1. The fraction of sp³-hybridized carbons (Fsp3) is 0.304. The van der Waals surface area contributed by atoms with Gasteiger partial charge < -0.3 is 9.47 Å². The molecule has 1 heterocycles. The van der Waals surface area contributed by atoms with Gasteiger partial charge in [-0.2, -0.15) is 0 Å². The first kappa shape index (κ1) is 23.3. The molecule has 2 aromatic carbocycles. The Labute approximate surface area is 194 Å². The van der Waals surface area contributed by atoms with Crippen LogP contribution in [0.1, 0.15) is 31.9 Å². The summed E-state index contributed by atoms with van der Waals surface area (Å²) in [4.78, 5) is 19.4. The molecule has 164 valence electrons. The molecule has 0 aromatic heterocycles. The molecule has 31 heavy (non-hydrogen) atoms. The largest absolute Gasteiger partial charge is 0.490 e. The van der Waals surface area contributed by atoms with Crippen molar-refractivity contribution in [2.75, 3.05) is 19.7 Å². The van der Waals surface area contributed by atoms with Crippen molar-refractivity contribution in [2.24, 2.45) is 4.99 Å². The van der Waals surface area contributed by atoms with Crippen LogP contribution in [0.25, 0.3) is 6.08 Å². The first-order valence-corrected chi connectivity index (χ1v) is 11.7. The third-order valence-corrected chi connectivity index (χ3v) is 6.22. The maximum absolute atomic E-state index is 13.9. The van der Waals surface area contributed by atoms with E-state index in [0.717, 1.165) is 10.0 Å². The molecule has 0 unspecified atom stereocenters. The van der Waals surface area contributed by atoms with Gasteiger partial charge in [0.25, 0.3) is 5.91 Å². The van der Waals surface area contributed by atoms with Crippen LogP contribution in [0.15, 0.2) is 50.8 Å². The van der Waals surface area contributed by atoms with E-state index < -0.39 is 0 Å². The second kappa shape index (κ2) is 10.8. The fourth-order valence-electron chi connectivity index (χ4n) is 2.99. The lowest BCUT2D eigenvalue weighted by molar-refractivity contribution is -0.122. The quantitative estimate of drug-likeness (QED) is 0.419. The minimum Gasteiger partial charge on any atom is -0.490 e. The van der Waals surface area contributed by atoms with Gasteiger partial charge in [-0.25, -0.2) is 4.39 Å². The maximum atomic E-state index is 13.9. The van der Waals surface area contributed by atoms with Crippen LogP contribution in [0.4, 0.5) is 4.39 Å². The van der Waals surface area contributed by atoms with Crippen LogP contribution in [-0.2, 0) is 11.4 Å². The highest BCUT2D eigenvalue weighted by Gasteiger charge is 2.32. The molecular weight excluding hydrogens is 483 g/mol. The Bertz CT molecular complexity index is 1030. The molecule has 1 aliphatic rings. The number of thioether (sulfide) groups is 1. The molecule has 0 aliphatic carbocycles. The normalized spacial score (nSPS) is 16.4. The third kappa shape index (κ3) is 5.49. The van der Waals surface area contributed by atoms with Gasteiger partial charge in [0.1, 0.15) is 12.4 Å². The fourth-order valence-corrected chi connectivity index (χ4v) is 4.53. The molecule has 0 atom stereocenters. The Morgan fingerprint density at radius 2 is 1.90 bits per heavy atom. The number of nitrogens with zero attached hydrogens (tertiary/aromatic N) is 2. The summed E-state index contributed by atoms with van der Waals surface area (Å²) >= 11 is 4.92. The Hall–Kier alpha value is -2.32. The molecule has 0 N–H and O–H groups in total. The highest BCUT2D eigenvalue weighted by molar-refractivity contribution is 9.10.